The van der Waals surface area contributed by atoms with E-state index in [1.807, 2.05) is 47.9 Å². The summed E-state index contributed by atoms with van der Waals surface area (Å²) in [7, 11) is 1.94. The Morgan fingerprint density at radius 3 is 1.76 bits per heavy atom. The van der Waals surface area contributed by atoms with E-state index in [1.165, 1.54) is 5.56 Å². The smallest absolute Gasteiger partial charge is 0.475 e. The van der Waals surface area contributed by atoms with Gasteiger partial charge in [0.25, 0.3) is 0 Å². The lowest BCUT2D eigenvalue weighted by molar-refractivity contribution is -0.193. The fourth-order valence-electron chi connectivity index (χ4n) is 4.06. The first-order valence-electron chi connectivity index (χ1n) is 12.3. The Kier molecular flexibility index (Phi) is 13.3. The number of carbonyl (C=O) groups is 4. The average molecular weight is 667 g/mol. The van der Waals surface area contributed by atoms with E-state index in [0.717, 1.165) is 30.9 Å². The summed E-state index contributed by atoms with van der Waals surface area (Å²) < 4.78 is 97.0. The van der Waals surface area contributed by atoms with Crippen LogP contribution in [0.3, 0.4) is 0 Å². The van der Waals surface area contributed by atoms with E-state index in [2.05, 4.69) is 21.2 Å². The van der Waals surface area contributed by atoms with Gasteiger partial charge in [0, 0.05) is 56.1 Å². The monoisotopic (exact) mass is 667 g/mol. The summed E-state index contributed by atoms with van der Waals surface area (Å²) in [6, 6.07) is 6.65. The Morgan fingerprint density at radius 1 is 0.867 bits per heavy atom. The number of aryl methyl sites for hydroxylation is 2. The molecule has 0 spiro atoms. The summed E-state index contributed by atoms with van der Waals surface area (Å²) in [5.41, 5.74) is 3.19. The molecule has 0 aromatic carbocycles. The third-order valence-electron chi connectivity index (χ3n) is 5.88. The van der Waals surface area contributed by atoms with E-state index in [-0.39, 0.29) is 5.91 Å². The predicted molar refractivity (Wildman–Crippen MR) is 131 cm³/mol. The summed E-state index contributed by atoms with van der Waals surface area (Å²) in [5.74, 6) is -8.02. The second kappa shape index (κ2) is 15.5. The van der Waals surface area contributed by atoms with Gasteiger partial charge in [0.15, 0.2) is 0 Å². The van der Waals surface area contributed by atoms with Gasteiger partial charge in [-0.2, -0.15) is 44.6 Å². The Morgan fingerprint density at radius 2 is 1.36 bits per heavy atom. The maximum absolute atomic E-state index is 12.5. The number of pyridine rings is 1. The third kappa shape index (κ3) is 13.0. The number of carbonyl (C=O) groups excluding carboxylic acids is 1. The number of aromatic nitrogens is 3. The first-order chi connectivity index (χ1) is 20.4. The first-order valence-corrected chi connectivity index (χ1v) is 12.3. The molecule has 2 fully saturated rings. The summed E-state index contributed by atoms with van der Waals surface area (Å²) >= 11 is 0. The molecule has 4 heterocycles. The predicted octanol–water partition coefficient (Wildman–Crippen LogP) is 3.40. The minimum absolute atomic E-state index is 0.254. The zero-order valence-corrected chi connectivity index (χ0v) is 23.2. The highest BCUT2D eigenvalue weighted by atomic mass is 19.4. The lowest BCUT2D eigenvalue weighted by Crippen LogP contribution is -2.36. The molecule has 2 aliphatic rings. The molecule has 0 aliphatic carbocycles. The van der Waals surface area contributed by atoms with Crippen molar-refractivity contribution in [2.24, 2.45) is 7.05 Å². The fourth-order valence-corrected chi connectivity index (χ4v) is 4.06. The number of alkyl halides is 9. The van der Waals surface area contributed by atoms with Gasteiger partial charge in [0.1, 0.15) is 0 Å². The third-order valence-corrected chi connectivity index (χ3v) is 5.88. The van der Waals surface area contributed by atoms with Crippen molar-refractivity contribution < 1.29 is 74.0 Å². The minimum Gasteiger partial charge on any atom is -0.475 e. The Bertz CT molecular complexity index is 1270. The van der Waals surface area contributed by atoms with E-state index in [9.17, 15) is 44.3 Å². The molecule has 0 bridgehead atoms. The van der Waals surface area contributed by atoms with Crippen LogP contribution in [0.1, 0.15) is 29.8 Å². The Hall–Kier alpha value is -4.43. The molecule has 2 aromatic heterocycles. The SMILES string of the molecule is Cc1cccc(CN2C(=O)C[C@@H]3[C@@H]2CCN3Cc2cnn(C)c2)n1.O=C(O)C(F)(F)F.O=C(O)C(F)(F)F.O=C(O)C(F)(F)F. The molecule has 3 N–H and O–H groups in total. The van der Waals surface area contributed by atoms with Crippen LogP contribution in [0, 0.1) is 6.92 Å². The number of hydrogen-bond donors (Lipinski definition) is 3. The van der Waals surface area contributed by atoms with Crippen molar-refractivity contribution in [2.75, 3.05) is 6.54 Å². The average Bonchev–Trinajstić information content (AvgIpc) is 3.55. The van der Waals surface area contributed by atoms with Crippen LogP contribution >= 0.6 is 0 Å². The quantitative estimate of drug-likeness (QED) is 0.412. The van der Waals surface area contributed by atoms with Crippen LogP contribution in [0.15, 0.2) is 30.6 Å². The molecule has 252 valence electrons. The van der Waals surface area contributed by atoms with Crippen molar-refractivity contribution in [1.29, 1.82) is 0 Å². The highest BCUT2D eigenvalue weighted by molar-refractivity contribution is 5.80. The zero-order chi connectivity index (χ0) is 34.9. The van der Waals surface area contributed by atoms with Gasteiger partial charge < -0.3 is 20.2 Å². The molecule has 21 heteroatoms. The lowest BCUT2D eigenvalue weighted by atomic mass is 10.1. The van der Waals surface area contributed by atoms with Gasteiger partial charge >= 0.3 is 36.4 Å². The topological polar surface area (TPSA) is 166 Å². The molecule has 2 saturated heterocycles. The van der Waals surface area contributed by atoms with Crippen molar-refractivity contribution in [1.82, 2.24) is 24.6 Å². The molecular formula is C24H26F9N5O7. The number of carboxylic acid groups (broad SMARTS) is 3. The van der Waals surface area contributed by atoms with Crippen LogP contribution in [-0.2, 0) is 39.3 Å². The summed E-state index contributed by atoms with van der Waals surface area (Å²) in [6.45, 7) is 4.53. The van der Waals surface area contributed by atoms with Gasteiger partial charge in [-0.25, -0.2) is 14.4 Å². The molecular weight excluding hydrogens is 641 g/mol. The molecule has 4 rings (SSSR count). The van der Waals surface area contributed by atoms with E-state index >= 15 is 0 Å². The molecule has 1 amide bonds. The van der Waals surface area contributed by atoms with Gasteiger partial charge in [0.2, 0.25) is 5.91 Å². The number of rotatable bonds is 4. The largest absolute Gasteiger partial charge is 0.490 e. The first kappa shape index (κ1) is 38.6. The van der Waals surface area contributed by atoms with Crippen molar-refractivity contribution in [3.63, 3.8) is 0 Å². The highest BCUT2D eigenvalue weighted by Crippen LogP contribution is 2.34. The second-order valence-corrected chi connectivity index (χ2v) is 9.32. The summed E-state index contributed by atoms with van der Waals surface area (Å²) in [5, 5.41) is 25.6. The number of fused-ring (bicyclic) bond motifs is 1. The number of carboxylic acids is 3. The number of nitrogens with zero attached hydrogens (tertiary/aromatic N) is 5. The van der Waals surface area contributed by atoms with E-state index in [1.54, 1.807) is 0 Å². The van der Waals surface area contributed by atoms with E-state index in [0.29, 0.717) is 25.0 Å². The molecule has 0 radical (unpaired) electrons. The molecule has 2 aromatic rings. The molecule has 0 saturated carbocycles. The number of likely N-dealkylation sites (tertiary alicyclic amines) is 2. The fraction of sp³-hybridized carbons (Fsp3) is 0.500. The standard InChI is InChI=1S/C18H23N5O.3C2HF3O2/c1-13-4-3-5-15(20-13)12-23-16-6-7-22(17(16)8-18(23)24)11-14-9-19-21(2)10-14;3*3-2(4,5)1(6)7/h3-5,9-10,16-17H,6-8,11-12H2,1-2H3;3*(H,6,7)/t16-,17+;;;/m0.../s1. The van der Waals surface area contributed by atoms with Crippen molar-refractivity contribution >= 4 is 23.8 Å². The summed E-state index contributed by atoms with van der Waals surface area (Å²) in [4.78, 5) is 48.2. The molecule has 12 nitrogen and oxygen atoms in total. The van der Waals surface area contributed by atoms with Gasteiger partial charge in [-0.15, -0.1) is 0 Å². The molecule has 45 heavy (non-hydrogen) atoms. The van der Waals surface area contributed by atoms with E-state index in [4.69, 9.17) is 29.7 Å². The minimum atomic E-state index is -5.08. The number of amides is 1. The number of hydrogen-bond acceptors (Lipinski definition) is 7. The maximum atomic E-state index is 12.5. The Labute approximate surface area is 247 Å². The molecule has 2 aliphatic heterocycles. The van der Waals surface area contributed by atoms with Crippen LogP contribution < -0.4 is 0 Å². The van der Waals surface area contributed by atoms with Gasteiger partial charge in [-0.3, -0.25) is 19.4 Å². The molecule has 0 unspecified atom stereocenters. The van der Waals surface area contributed by atoms with Crippen LogP contribution in [0.25, 0.3) is 0 Å². The second-order valence-electron chi connectivity index (χ2n) is 9.32. The Balaban J connectivity index is 0.000000396. The lowest BCUT2D eigenvalue weighted by Gasteiger charge is -2.25. The maximum Gasteiger partial charge on any atom is 0.490 e. The van der Waals surface area contributed by atoms with Gasteiger partial charge in [-0.05, 0) is 25.5 Å². The zero-order valence-electron chi connectivity index (χ0n) is 23.2. The van der Waals surface area contributed by atoms with Crippen molar-refractivity contribution in [2.45, 2.75) is 63.5 Å². The highest BCUT2D eigenvalue weighted by Gasteiger charge is 2.46. The normalized spacial score (nSPS) is 18.0. The summed E-state index contributed by atoms with van der Waals surface area (Å²) in [6.07, 6.45) is -9.61. The van der Waals surface area contributed by atoms with Gasteiger partial charge in [-0.1, -0.05) is 6.07 Å². The van der Waals surface area contributed by atoms with Crippen LogP contribution in [0.2, 0.25) is 0 Å². The van der Waals surface area contributed by atoms with Crippen LogP contribution in [0.4, 0.5) is 39.5 Å². The van der Waals surface area contributed by atoms with Crippen LogP contribution in [-0.4, -0.2) is 101 Å². The molecule has 2 atom stereocenters. The number of aliphatic carboxylic acids is 3. The van der Waals surface area contributed by atoms with Gasteiger partial charge in [0.05, 0.1) is 18.4 Å². The number of halogens is 9. The van der Waals surface area contributed by atoms with Crippen LogP contribution in [0.5, 0.6) is 0 Å². The van der Waals surface area contributed by atoms with Crippen molar-refractivity contribution in [3.05, 3.63) is 47.5 Å². The van der Waals surface area contributed by atoms with E-state index < -0.39 is 36.4 Å². The van der Waals surface area contributed by atoms with Crippen molar-refractivity contribution in [3.8, 4) is 0 Å².